The number of fused-ring (bicyclic) bond motifs is 2. The summed E-state index contributed by atoms with van der Waals surface area (Å²) >= 11 is 0. The largest absolute Gasteiger partial charge is 0.0622 e. The van der Waals surface area contributed by atoms with E-state index in [-0.39, 0.29) is 0 Å². The van der Waals surface area contributed by atoms with Crippen molar-refractivity contribution in [2.45, 2.75) is 83.5 Å². The Balaban J connectivity index is 1.20. The second-order valence-corrected chi connectivity index (χ2v) is 12.5. The van der Waals surface area contributed by atoms with Crippen molar-refractivity contribution in [1.82, 2.24) is 0 Å². The van der Waals surface area contributed by atoms with E-state index in [1.807, 2.05) is 0 Å². The summed E-state index contributed by atoms with van der Waals surface area (Å²) in [6.07, 6.45) is 13.3. The van der Waals surface area contributed by atoms with Gasteiger partial charge in [0.1, 0.15) is 0 Å². The number of hydrogen-bond acceptors (Lipinski definition) is 0. The molecule has 4 saturated carbocycles. The van der Waals surface area contributed by atoms with E-state index in [0.29, 0.717) is 0 Å². The van der Waals surface area contributed by atoms with Crippen LogP contribution < -0.4 is 0 Å². The minimum absolute atomic E-state index is 0.822. The van der Waals surface area contributed by atoms with E-state index in [1.165, 1.54) is 57.8 Å². The highest BCUT2D eigenvalue weighted by Crippen LogP contribution is 2.60. The maximum Gasteiger partial charge on any atom is -0.0131 e. The first kappa shape index (κ1) is 21.9. The lowest BCUT2D eigenvalue weighted by Gasteiger charge is -2.40. The molecule has 0 heteroatoms. The van der Waals surface area contributed by atoms with Gasteiger partial charge in [-0.2, -0.15) is 0 Å². The molecule has 0 spiro atoms. The lowest BCUT2D eigenvalue weighted by atomic mass is 9.65. The molecule has 2 aromatic carbocycles. The standard InChI is InChI=1S/C33H44/c1-22-19-32-26(24-11-5-3-6-12-24)15-9-17-28(32)30(22)21-31-23(2)20-33-27(16-10-18-29(31)33)25-13-7-4-8-14-25/h3-8,11-14,22-23,26-33H,9-10,15-21H2,1-2H3. The van der Waals surface area contributed by atoms with Gasteiger partial charge in [-0.3, -0.25) is 0 Å². The van der Waals surface area contributed by atoms with Crippen LogP contribution in [-0.2, 0) is 0 Å². The van der Waals surface area contributed by atoms with Crippen molar-refractivity contribution in [3.8, 4) is 0 Å². The molecule has 4 aliphatic carbocycles. The van der Waals surface area contributed by atoms with Gasteiger partial charge in [0.2, 0.25) is 0 Å². The maximum atomic E-state index is 2.62. The summed E-state index contributed by atoms with van der Waals surface area (Å²) in [6, 6.07) is 23.1. The summed E-state index contributed by atoms with van der Waals surface area (Å²) in [5.74, 6) is 9.29. The summed E-state index contributed by atoms with van der Waals surface area (Å²) in [4.78, 5) is 0. The molecule has 0 nitrogen and oxygen atoms in total. The second kappa shape index (κ2) is 9.24. The van der Waals surface area contributed by atoms with Gasteiger partial charge < -0.3 is 0 Å². The molecule has 33 heavy (non-hydrogen) atoms. The molecule has 4 aliphatic rings. The van der Waals surface area contributed by atoms with Crippen molar-refractivity contribution in [3.63, 3.8) is 0 Å². The summed E-state index contributed by atoms with van der Waals surface area (Å²) in [7, 11) is 0. The predicted molar refractivity (Wildman–Crippen MR) is 139 cm³/mol. The Bertz CT molecular complexity index is 825. The van der Waals surface area contributed by atoms with Crippen LogP contribution in [-0.4, -0.2) is 0 Å². The van der Waals surface area contributed by atoms with Gasteiger partial charge in [-0.1, -0.05) is 87.4 Å². The topological polar surface area (TPSA) is 0 Å². The van der Waals surface area contributed by atoms with Gasteiger partial charge in [0.25, 0.3) is 0 Å². The number of hydrogen-bond donors (Lipinski definition) is 0. The quantitative estimate of drug-likeness (QED) is 0.444. The van der Waals surface area contributed by atoms with Gasteiger partial charge in [-0.05, 0) is 115 Å². The zero-order chi connectivity index (χ0) is 22.4. The van der Waals surface area contributed by atoms with Crippen LogP contribution in [0.3, 0.4) is 0 Å². The van der Waals surface area contributed by atoms with Gasteiger partial charge in [-0.15, -0.1) is 0 Å². The fraction of sp³-hybridized carbons (Fsp3) is 0.636. The fourth-order valence-corrected chi connectivity index (χ4v) is 9.75. The SMILES string of the molecule is CC1CC2C(c3ccccc3)CCCC2C1CC1C(C)CC2C(c3ccccc3)CCCC12. The van der Waals surface area contributed by atoms with Gasteiger partial charge >= 0.3 is 0 Å². The molecule has 2 aromatic rings. The Hall–Kier alpha value is -1.56. The summed E-state index contributed by atoms with van der Waals surface area (Å²) < 4.78 is 0. The van der Waals surface area contributed by atoms with Crippen LogP contribution in [0, 0.1) is 47.3 Å². The Kier molecular flexibility index (Phi) is 6.14. The van der Waals surface area contributed by atoms with Crippen LogP contribution in [0.5, 0.6) is 0 Å². The van der Waals surface area contributed by atoms with Crippen LogP contribution in [0.25, 0.3) is 0 Å². The first-order chi connectivity index (χ1) is 16.2. The number of rotatable bonds is 4. The van der Waals surface area contributed by atoms with Gasteiger partial charge in [0.15, 0.2) is 0 Å². The Labute approximate surface area is 202 Å². The van der Waals surface area contributed by atoms with E-state index in [2.05, 4.69) is 74.5 Å². The summed E-state index contributed by atoms with van der Waals surface area (Å²) in [5.41, 5.74) is 3.26. The molecular weight excluding hydrogens is 396 g/mol. The molecule has 0 heterocycles. The molecule has 6 rings (SSSR count). The minimum atomic E-state index is 0.822. The van der Waals surface area contributed by atoms with Crippen LogP contribution in [0.2, 0.25) is 0 Å². The summed E-state index contributed by atoms with van der Waals surface area (Å²) in [5, 5.41) is 0. The molecule has 0 radical (unpaired) electrons. The highest BCUT2D eigenvalue weighted by molar-refractivity contribution is 5.24. The molecule has 0 saturated heterocycles. The monoisotopic (exact) mass is 440 g/mol. The third kappa shape index (κ3) is 4.00. The molecule has 10 atom stereocenters. The van der Waals surface area contributed by atoms with E-state index in [1.54, 1.807) is 11.1 Å². The second-order valence-electron chi connectivity index (χ2n) is 12.5. The molecule has 10 unspecified atom stereocenters. The zero-order valence-electron chi connectivity index (χ0n) is 20.9. The zero-order valence-corrected chi connectivity index (χ0v) is 20.9. The molecule has 4 fully saturated rings. The number of benzene rings is 2. The molecule has 0 aliphatic heterocycles. The van der Waals surface area contributed by atoms with E-state index < -0.39 is 0 Å². The average Bonchev–Trinajstić information content (AvgIpc) is 3.36. The smallest absolute Gasteiger partial charge is 0.0131 e. The minimum Gasteiger partial charge on any atom is -0.0622 e. The molecule has 0 amide bonds. The molecular formula is C33H44. The molecule has 176 valence electrons. The van der Waals surface area contributed by atoms with Crippen molar-refractivity contribution in [1.29, 1.82) is 0 Å². The third-order valence-corrected chi connectivity index (χ3v) is 11.1. The molecule has 0 aromatic heterocycles. The third-order valence-electron chi connectivity index (χ3n) is 11.1. The van der Waals surface area contributed by atoms with Crippen molar-refractivity contribution in [2.75, 3.05) is 0 Å². The Morgan fingerprint density at radius 1 is 0.545 bits per heavy atom. The predicted octanol–water partition coefficient (Wildman–Crippen LogP) is 9.09. The van der Waals surface area contributed by atoms with Crippen molar-refractivity contribution < 1.29 is 0 Å². The Morgan fingerprint density at radius 2 is 0.970 bits per heavy atom. The highest BCUT2D eigenvalue weighted by Gasteiger charge is 2.51. The van der Waals surface area contributed by atoms with Crippen LogP contribution in [0.4, 0.5) is 0 Å². The summed E-state index contributed by atoms with van der Waals surface area (Å²) in [6.45, 7) is 5.24. The van der Waals surface area contributed by atoms with E-state index in [9.17, 15) is 0 Å². The highest BCUT2D eigenvalue weighted by atomic mass is 14.6. The maximum absolute atomic E-state index is 2.62. The lowest BCUT2D eigenvalue weighted by Crippen LogP contribution is -2.31. The van der Waals surface area contributed by atoms with Crippen LogP contribution >= 0.6 is 0 Å². The van der Waals surface area contributed by atoms with Gasteiger partial charge in [0.05, 0.1) is 0 Å². The fourth-order valence-electron chi connectivity index (χ4n) is 9.75. The van der Waals surface area contributed by atoms with E-state index in [0.717, 1.165) is 59.2 Å². The Morgan fingerprint density at radius 3 is 1.39 bits per heavy atom. The van der Waals surface area contributed by atoms with Crippen LogP contribution in [0.15, 0.2) is 60.7 Å². The van der Waals surface area contributed by atoms with E-state index in [4.69, 9.17) is 0 Å². The van der Waals surface area contributed by atoms with Gasteiger partial charge in [0, 0.05) is 0 Å². The van der Waals surface area contributed by atoms with Crippen molar-refractivity contribution in [2.24, 2.45) is 47.3 Å². The first-order valence-corrected chi connectivity index (χ1v) is 14.3. The first-order valence-electron chi connectivity index (χ1n) is 14.3. The lowest BCUT2D eigenvalue weighted by molar-refractivity contribution is 0.127. The van der Waals surface area contributed by atoms with Crippen LogP contribution in [0.1, 0.15) is 94.6 Å². The molecule has 0 bridgehead atoms. The normalized spacial score (nSPS) is 42.6. The van der Waals surface area contributed by atoms with Crippen molar-refractivity contribution in [3.05, 3.63) is 71.8 Å². The van der Waals surface area contributed by atoms with E-state index >= 15 is 0 Å². The molecule has 0 N–H and O–H groups in total. The van der Waals surface area contributed by atoms with Crippen molar-refractivity contribution >= 4 is 0 Å². The van der Waals surface area contributed by atoms with Gasteiger partial charge in [-0.25, -0.2) is 0 Å². The average molecular weight is 441 g/mol.